The van der Waals surface area contributed by atoms with Crippen LogP contribution in [0.4, 0.5) is 23.3 Å². The number of aromatic nitrogens is 17. The van der Waals surface area contributed by atoms with Crippen LogP contribution in [0.25, 0.3) is 157 Å². The molecule has 2 aliphatic heterocycles. The molecule has 7 aromatic carbocycles. The molecule has 15 heterocycles. The van der Waals surface area contributed by atoms with E-state index >= 15 is 0 Å². The summed E-state index contributed by atoms with van der Waals surface area (Å²) in [5.41, 5.74) is 44.7. The van der Waals surface area contributed by atoms with E-state index in [2.05, 4.69) is 88.1 Å². The Morgan fingerprint density at radius 2 is 0.681 bits per heavy atom. The number of amides is 2. The summed E-state index contributed by atoms with van der Waals surface area (Å²) >= 11 is 10.4. The van der Waals surface area contributed by atoms with Crippen LogP contribution in [-0.2, 0) is 31.4 Å². The maximum atomic E-state index is 12.5. The van der Waals surface area contributed by atoms with Gasteiger partial charge in [-0.2, -0.15) is 38.5 Å². The van der Waals surface area contributed by atoms with Gasteiger partial charge in [0.25, 0.3) is 37.4 Å². The molecular weight excluding hydrogens is 2000 g/mol. The van der Waals surface area contributed by atoms with Crippen LogP contribution >= 0.6 is 47.8 Å². The average molecular weight is 2060 g/mol. The number of nitrogens with two attached hydrogens (primary N) is 4. The number of nitrogens with one attached hydrogen (secondary N) is 2. The number of fused-ring (bicyclic) bond motifs is 6. The number of hydrogen-bond donors (Lipinski definition) is 8. The Hall–Kier alpha value is -17.3. The van der Waals surface area contributed by atoms with Crippen molar-refractivity contribution in [1.82, 2.24) is 92.3 Å². The van der Waals surface area contributed by atoms with Gasteiger partial charge in [0.05, 0.1) is 106 Å². The first-order valence-electron chi connectivity index (χ1n) is 41.5. The molecular formula is C98H66Br3N23O12S2. The number of benzene rings is 7. The zero-order valence-corrected chi connectivity index (χ0v) is 77.7. The predicted molar refractivity (Wildman–Crippen MR) is 527 cm³/mol. The molecule has 0 saturated heterocycles. The topological polar surface area (TPSA) is 517 Å². The molecule has 12 N–H and O–H groups in total. The van der Waals surface area contributed by atoms with Gasteiger partial charge in [0, 0.05) is 126 Å². The number of carboxylic acid groups (broad SMARTS) is 2. The molecule has 2 aliphatic rings. The number of ketones is 1. The molecule has 0 spiro atoms. The second-order valence-electron chi connectivity index (χ2n) is 31.1. The highest BCUT2D eigenvalue weighted by Gasteiger charge is 2.36. The van der Waals surface area contributed by atoms with Gasteiger partial charge >= 0.3 is 11.9 Å². The number of nitrogens with zero attached hydrogens (tertiary/aromatic N) is 17. The number of hydrogen-bond acceptors (Lipinski definition) is 26. The molecule has 0 atom stereocenters. The number of rotatable bonds is 16. The summed E-state index contributed by atoms with van der Waals surface area (Å²) in [6.45, 7) is 0.949. The first kappa shape index (κ1) is 89.9. The summed E-state index contributed by atoms with van der Waals surface area (Å²) < 4.78 is 61.3. The molecule has 0 unspecified atom stereocenters. The van der Waals surface area contributed by atoms with Gasteiger partial charge in [0.1, 0.15) is 39.6 Å². The van der Waals surface area contributed by atoms with Gasteiger partial charge in [-0.05, 0) is 121 Å². The summed E-state index contributed by atoms with van der Waals surface area (Å²) in [5.74, 6) is -2.68. The Morgan fingerprint density at radius 1 is 0.348 bits per heavy atom. The van der Waals surface area contributed by atoms with Crippen LogP contribution in [0.2, 0.25) is 0 Å². The number of carboxylic acids is 2. The Balaban J connectivity index is 0.000000118. The lowest BCUT2D eigenvalue weighted by Gasteiger charge is -2.12. The van der Waals surface area contributed by atoms with E-state index in [4.69, 9.17) is 48.0 Å². The number of Topliss-reactive ketones (excluding diaryl/α,β-unsaturated/α-hetero) is 1. The van der Waals surface area contributed by atoms with E-state index in [1.54, 1.807) is 79.9 Å². The van der Waals surface area contributed by atoms with Crippen molar-refractivity contribution in [3.63, 3.8) is 0 Å². The lowest BCUT2D eigenvalue weighted by Crippen LogP contribution is -2.22. The molecule has 22 rings (SSSR count). The number of anilines is 4. The second-order valence-corrected chi connectivity index (χ2v) is 36.8. The van der Waals surface area contributed by atoms with Crippen LogP contribution in [-0.4, -0.2) is 139 Å². The van der Waals surface area contributed by atoms with Crippen LogP contribution in [0.5, 0.6) is 0 Å². The van der Waals surface area contributed by atoms with Crippen LogP contribution in [0.3, 0.4) is 0 Å². The minimum Gasteiger partial charge on any atom is -0.480 e. The van der Waals surface area contributed by atoms with Gasteiger partial charge in [-0.3, -0.25) is 43.9 Å². The van der Waals surface area contributed by atoms with Crippen molar-refractivity contribution >= 4 is 143 Å². The van der Waals surface area contributed by atoms with E-state index < -0.39 is 55.9 Å². The number of halogens is 3. The predicted octanol–water partition coefficient (Wildman–Crippen LogP) is 16.1. The smallest absolute Gasteiger partial charge is 0.335 e. The molecule has 0 radical (unpaired) electrons. The molecule has 13 aromatic heterocycles. The van der Waals surface area contributed by atoms with Gasteiger partial charge < -0.3 is 37.7 Å². The number of pyridine rings is 5. The third kappa shape index (κ3) is 17.1. The zero-order chi connectivity index (χ0) is 96.3. The third-order valence-corrected chi connectivity index (χ3v) is 27.6. The third-order valence-electron chi connectivity index (χ3n) is 22.5. The second kappa shape index (κ2) is 36.6. The van der Waals surface area contributed by atoms with E-state index in [1.807, 2.05) is 179 Å². The Kier molecular flexibility index (Phi) is 23.8. The molecule has 20 aromatic rings. The molecule has 35 nitrogen and oxygen atoms in total. The lowest BCUT2D eigenvalue weighted by molar-refractivity contribution is -0.137. The Bertz CT molecular complexity index is 8690. The fraction of sp³-hybridized carbons (Fsp3) is 0.0204. The number of aromatic carboxylic acids is 1. The van der Waals surface area contributed by atoms with Crippen LogP contribution in [0, 0.1) is 0 Å². The molecule has 138 heavy (non-hydrogen) atoms. The molecule has 0 saturated carbocycles. The molecule has 40 heteroatoms. The Labute approximate surface area is 805 Å². The number of aliphatic carboxylic acids is 1. The van der Waals surface area contributed by atoms with E-state index in [0.717, 1.165) is 83.0 Å². The van der Waals surface area contributed by atoms with Crippen molar-refractivity contribution < 1.29 is 51.0 Å². The van der Waals surface area contributed by atoms with E-state index in [1.165, 1.54) is 73.6 Å². The number of nitrogen functional groups attached to an aromatic ring is 4. The quantitative estimate of drug-likeness (QED) is 0.0416. The summed E-state index contributed by atoms with van der Waals surface area (Å²) in [6, 6.07) is 72.9. The summed E-state index contributed by atoms with van der Waals surface area (Å²) in [7, 11) is -7.76. The van der Waals surface area contributed by atoms with Crippen molar-refractivity contribution in [2.75, 3.05) is 22.9 Å². The van der Waals surface area contributed by atoms with Gasteiger partial charge in [-0.1, -0.05) is 170 Å². The first-order chi connectivity index (χ1) is 66.5. The summed E-state index contributed by atoms with van der Waals surface area (Å²) in [5, 5.41) is 35.8. The van der Waals surface area contributed by atoms with Gasteiger partial charge in [0.15, 0.2) is 28.4 Å². The fourth-order valence-corrected chi connectivity index (χ4v) is 19.4. The molecule has 2 amide bonds. The number of carbonyl (C=O) groups is 5. The lowest BCUT2D eigenvalue weighted by atomic mass is 10.0. The zero-order valence-electron chi connectivity index (χ0n) is 71.3. The minimum absolute atomic E-state index is 0.0593. The normalized spacial score (nSPS) is 12.6. The van der Waals surface area contributed by atoms with Crippen molar-refractivity contribution in [1.29, 1.82) is 0 Å². The van der Waals surface area contributed by atoms with Crippen LogP contribution in [0.15, 0.2) is 326 Å². The van der Waals surface area contributed by atoms with Crippen molar-refractivity contribution in [3.05, 3.63) is 344 Å². The largest absolute Gasteiger partial charge is 0.480 e. The fourth-order valence-electron chi connectivity index (χ4n) is 15.6. The van der Waals surface area contributed by atoms with Crippen molar-refractivity contribution in [3.8, 4) is 135 Å². The average Bonchev–Trinajstić information content (AvgIpc) is 1.59. The van der Waals surface area contributed by atoms with E-state index in [9.17, 15) is 50.7 Å². The maximum Gasteiger partial charge on any atom is 0.335 e. The van der Waals surface area contributed by atoms with Crippen molar-refractivity contribution in [2.45, 2.75) is 23.3 Å². The highest BCUT2D eigenvalue weighted by atomic mass is 79.9. The van der Waals surface area contributed by atoms with Gasteiger partial charge in [-0.15, -0.1) is 0 Å². The monoisotopic (exact) mass is 2060 g/mol. The van der Waals surface area contributed by atoms with Crippen LogP contribution < -0.4 is 37.9 Å². The molecule has 0 fully saturated rings. The molecule has 678 valence electrons. The standard InChI is InChI=1S/C26H19N5O3.2C24H15BrN6O3S.C24H17BrN6O3/c1-15(32)22-23(17-7-9-18(10-8-17)26(33)34)30-25-20(14-29-31(25)24(22)27)19-11-12-21(28-13-19)16-5-3-2-4-6-16;25-20-21(14-7-9-19-16(10-14)24(32)30-35(19,33)34)29-23-17(12-28-31(23)22(20)26)15-6-8-18(27-11-15)13-4-2-1-3-5-13;25-20-21(14-6-8-16-19(10-14)35(33,34)30-24(16)32)29-23-17(12-28-31(23)22(20)26)15-7-9-18(27-11-15)13-4-2-1-3-5-13;25-21-22(16-7-9-19(32)30(12-16)13-20(33)34)29-24-17(11-28-31(24)23(21)26)15-6-8-18(27-10-15)14-4-2-1-3-5-14/h2-14H,27H2,1H3,(H,33,34);2*1-12H,26H2,(H,30,32);1-12H,13,26H2,(H,33,34). The SMILES string of the molecule is CC(=O)c1c(-c2ccc(C(=O)O)cc2)nc2c(-c3ccc(-c4ccccc4)nc3)cnn2c1N.Nc1c(Br)c(-c2ccc(=O)n(CC(=O)O)c2)nc2c(-c3ccc(-c4ccccc4)nc3)cnn12.Nc1c(Br)c(-c2ccc3c(c2)C(=O)NS3(=O)=O)nc2c(-c3ccc(-c4ccccc4)nc3)cnn12.Nc1c(Br)c(-c2ccc3c(c2)S(=O)(=O)NC3=O)nc2c(-c3ccc(-c4ccccc4)nc3)cnn12. The molecule has 0 bridgehead atoms. The summed E-state index contributed by atoms with van der Waals surface area (Å²) in [6.07, 6.45) is 15.1. The maximum absolute atomic E-state index is 12.5. The van der Waals surface area contributed by atoms with Crippen molar-refractivity contribution in [2.24, 2.45) is 0 Å². The highest BCUT2D eigenvalue weighted by molar-refractivity contribution is 9.11. The van der Waals surface area contributed by atoms with E-state index in [-0.39, 0.29) is 43.6 Å². The first-order valence-corrected chi connectivity index (χ1v) is 46.8. The van der Waals surface area contributed by atoms with Crippen LogP contribution in [0.1, 0.15) is 48.4 Å². The Morgan fingerprint density at radius 3 is 1.05 bits per heavy atom. The summed E-state index contributed by atoms with van der Waals surface area (Å²) in [4.78, 5) is 108. The number of sulfonamides is 2. The van der Waals surface area contributed by atoms with Gasteiger partial charge in [0.2, 0.25) is 0 Å². The molecule has 0 aliphatic carbocycles. The minimum atomic E-state index is -3.92. The number of carbonyl (C=O) groups excluding carboxylic acids is 3. The van der Waals surface area contributed by atoms with E-state index in [0.29, 0.717) is 110 Å². The highest BCUT2D eigenvalue weighted by Crippen LogP contribution is 2.42. The van der Waals surface area contributed by atoms with Gasteiger partial charge in [-0.25, -0.2) is 51.0 Å².